The van der Waals surface area contributed by atoms with Gasteiger partial charge in [-0.3, -0.25) is 9.78 Å². The summed E-state index contributed by atoms with van der Waals surface area (Å²) in [4.78, 5) is 21.8. The molecule has 132 valence electrons. The molecule has 0 unspecified atom stereocenters. The molecule has 0 aliphatic carbocycles. The number of carbonyl (C=O) groups excluding carboxylic acids is 1. The topological polar surface area (TPSA) is 58.1 Å². The van der Waals surface area contributed by atoms with Gasteiger partial charge in [-0.15, -0.1) is 0 Å². The van der Waals surface area contributed by atoms with Gasteiger partial charge in [-0.1, -0.05) is 0 Å². The Bertz CT molecular complexity index is 711. The predicted molar refractivity (Wildman–Crippen MR) is 86.2 cm³/mol. The summed E-state index contributed by atoms with van der Waals surface area (Å²) in [7, 11) is 0. The van der Waals surface area contributed by atoms with Crippen molar-refractivity contribution in [3.05, 3.63) is 54.0 Å². The maximum absolute atomic E-state index is 12.6. The van der Waals surface area contributed by atoms with Crippen LogP contribution in [0.15, 0.2) is 42.9 Å². The van der Waals surface area contributed by atoms with Crippen LogP contribution in [-0.2, 0) is 6.18 Å². The number of anilines is 1. The molecule has 1 aliphatic heterocycles. The van der Waals surface area contributed by atoms with Gasteiger partial charge >= 0.3 is 6.18 Å². The number of aromatic nitrogens is 2. The highest BCUT2D eigenvalue weighted by Crippen LogP contribution is 2.29. The molecule has 3 rings (SSSR count). The molecule has 0 saturated carbocycles. The summed E-state index contributed by atoms with van der Waals surface area (Å²) in [6.07, 6.45) is 1.02. The Morgan fingerprint density at radius 2 is 1.80 bits per heavy atom. The van der Waals surface area contributed by atoms with Gasteiger partial charge in [0.25, 0.3) is 5.91 Å². The van der Waals surface area contributed by atoms with Crippen LogP contribution in [0.1, 0.15) is 28.8 Å². The highest BCUT2D eigenvalue weighted by Gasteiger charge is 2.31. The van der Waals surface area contributed by atoms with Gasteiger partial charge in [0, 0.05) is 43.3 Å². The number of hydrogen-bond acceptors (Lipinski definition) is 4. The van der Waals surface area contributed by atoms with Crippen LogP contribution in [0.25, 0.3) is 0 Å². The van der Waals surface area contributed by atoms with Gasteiger partial charge in [-0.05, 0) is 37.1 Å². The van der Waals surface area contributed by atoms with E-state index in [0.29, 0.717) is 37.3 Å². The number of rotatable bonds is 3. The summed E-state index contributed by atoms with van der Waals surface area (Å²) < 4.78 is 37.7. The summed E-state index contributed by atoms with van der Waals surface area (Å²) in [5.41, 5.74) is -0.197. The van der Waals surface area contributed by atoms with E-state index in [4.69, 9.17) is 0 Å². The van der Waals surface area contributed by atoms with Crippen LogP contribution in [0, 0.1) is 0 Å². The maximum atomic E-state index is 12.6. The minimum atomic E-state index is -4.38. The van der Waals surface area contributed by atoms with Gasteiger partial charge in [-0.2, -0.15) is 13.2 Å². The second-order valence-electron chi connectivity index (χ2n) is 5.87. The van der Waals surface area contributed by atoms with E-state index in [0.717, 1.165) is 12.3 Å². The monoisotopic (exact) mass is 350 g/mol. The van der Waals surface area contributed by atoms with Crippen LogP contribution in [0.4, 0.5) is 19.0 Å². The standard InChI is InChI=1S/C17H17F3N4O/c18-17(19,20)13-1-2-15(22-11-13)24-9-5-14(6-10-24)23-16(25)12-3-7-21-8-4-12/h1-4,7-8,11,14H,5-6,9-10H2,(H,23,25). The van der Waals surface area contributed by atoms with Gasteiger partial charge in [0.05, 0.1) is 5.56 Å². The van der Waals surface area contributed by atoms with E-state index >= 15 is 0 Å². The molecule has 3 heterocycles. The number of piperidine rings is 1. The van der Waals surface area contributed by atoms with Crippen molar-refractivity contribution in [3.63, 3.8) is 0 Å². The Hall–Kier alpha value is -2.64. The summed E-state index contributed by atoms with van der Waals surface area (Å²) in [5, 5.41) is 2.97. The molecule has 0 atom stereocenters. The van der Waals surface area contributed by atoms with Crippen LogP contribution in [0.5, 0.6) is 0 Å². The average molecular weight is 350 g/mol. The highest BCUT2D eigenvalue weighted by atomic mass is 19.4. The zero-order chi connectivity index (χ0) is 17.9. The number of nitrogens with one attached hydrogen (secondary N) is 1. The number of halogens is 3. The molecule has 2 aromatic rings. The van der Waals surface area contributed by atoms with Crippen LogP contribution in [-0.4, -0.2) is 35.0 Å². The maximum Gasteiger partial charge on any atom is 0.417 e. The fraction of sp³-hybridized carbons (Fsp3) is 0.353. The third-order valence-corrected chi connectivity index (χ3v) is 4.17. The molecule has 5 nitrogen and oxygen atoms in total. The molecular weight excluding hydrogens is 333 g/mol. The van der Waals surface area contributed by atoms with Crippen molar-refractivity contribution in [1.29, 1.82) is 0 Å². The van der Waals surface area contributed by atoms with Gasteiger partial charge in [-0.25, -0.2) is 4.98 Å². The first-order valence-electron chi connectivity index (χ1n) is 7.92. The minimum absolute atomic E-state index is 0.0337. The molecule has 2 aromatic heterocycles. The molecule has 0 bridgehead atoms. The average Bonchev–Trinajstić information content (AvgIpc) is 2.62. The molecule has 0 aromatic carbocycles. The third-order valence-electron chi connectivity index (χ3n) is 4.17. The van der Waals surface area contributed by atoms with Crippen molar-refractivity contribution < 1.29 is 18.0 Å². The van der Waals surface area contributed by atoms with E-state index in [2.05, 4.69) is 15.3 Å². The fourth-order valence-electron chi connectivity index (χ4n) is 2.77. The number of carbonyl (C=O) groups is 1. The number of pyridine rings is 2. The fourth-order valence-corrected chi connectivity index (χ4v) is 2.77. The first kappa shape index (κ1) is 17.2. The quantitative estimate of drug-likeness (QED) is 0.925. The first-order chi connectivity index (χ1) is 11.9. The highest BCUT2D eigenvalue weighted by molar-refractivity contribution is 5.94. The minimum Gasteiger partial charge on any atom is -0.356 e. The number of amides is 1. The summed E-state index contributed by atoms with van der Waals surface area (Å²) in [6, 6.07) is 5.76. The van der Waals surface area contributed by atoms with E-state index in [1.807, 2.05) is 4.90 Å². The molecular formula is C17H17F3N4O. The Morgan fingerprint density at radius 3 is 2.36 bits per heavy atom. The van der Waals surface area contributed by atoms with Crippen molar-refractivity contribution in [2.24, 2.45) is 0 Å². The second-order valence-corrected chi connectivity index (χ2v) is 5.87. The Kier molecular flexibility index (Phi) is 4.87. The lowest BCUT2D eigenvalue weighted by molar-refractivity contribution is -0.137. The van der Waals surface area contributed by atoms with Crippen molar-refractivity contribution in [3.8, 4) is 0 Å². The molecule has 1 amide bonds. The van der Waals surface area contributed by atoms with E-state index < -0.39 is 11.7 Å². The van der Waals surface area contributed by atoms with Gasteiger partial charge in [0.15, 0.2) is 0 Å². The molecule has 1 fully saturated rings. The van der Waals surface area contributed by atoms with E-state index in [-0.39, 0.29) is 11.9 Å². The van der Waals surface area contributed by atoms with Crippen LogP contribution >= 0.6 is 0 Å². The molecule has 1 aliphatic rings. The number of nitrogens with zero attached hydrogens (tertiary/aromatic N) is 3. The van der Waals surface area contributed by atoms with Gasteiger partial charge in [0.1, 0.15) is 5.82 Å². The van der Waals surface area contributed by atoms with Crippen LogP contribution < -0.4 is 10.2 Å². The zero-order valence-electron chi connectivity index (χ0n) is 13.3. The largest absolute Gasteiger partial charge is 0.417 e. The lowest BCUT2D eigenvalue weighted by atomic mass is 10.0. The predicted octanol–water partition coefficient (Wildman–Crippen LogP) is 2.89. The summed E-state index contributed by atoms with van der Waals surface area (Å²) >= 11 is 0. The van der Waals surface area contributed by atoms with Crippen molar-refractivity contribution in [2.45, 2.75) is 25.1 Å². The second kappa shape index (κ2) is 7.08. The van der Waals surface area contributed by atoms with Crippen LogP contribution in [0.2, 0.25) is 0 Å². The van der Waals surface area contributed by atoms with Crippen molar-refractivity contribution in [2.75, 3.05) is 18.0 Å². The molecule has 1 N–H and O–H groups in total. The Morgan fingerprint density at radius 1 is 1.12 bits per heavy atom. The van der Waals surface area contributed by atoms with E-state index in [1.165, 1.54) is 6.07 Å². The van der Waals surface area contributed by atoms with Crippen molar-refractivity contribution >= 4 is 11.7 Å². The van der Waals surface area contributed by atoms with Gasteiger partial charge < -0.3 is 10.2 Å². The number of hydrogen-bond donors (Lipinski definition) is 1. The van der Waals surface area contributed by atoms with Crippen LogP contribution in [0.3, 0.4) is 0 Å². The number of alkyl halides is 3. The normalized spacial score (nSPS) is 15.9. The Balaban J connectivity index is 1.54. The smallest absolute Gasteiger partial charge is 0.356 e. The van der Waals surface area contributed by atoms with Gasteiger partial charge in [0.2, 0.25) is 0 Å². The summed E-state index contributed by atoms with van der Waals surface area (Å²) in [5.74, 6) is 0.375. The summed E-state index contributed by atoms with van der Waals surface area (Å²) in [6.45, 7) is 1.25. The van der Waals surface area contributed by atoms with E-state index in [1.54, 1.807) is 24.5 Å². The third kappa shape index (κ3) is 4.26. The molecule has 0 spiro atoms. The zero-order valence-corrected chi connectivity index (χ0v) is 13.3. The van der Waals surface area contributed by atoms with Crippen molar-refractivity contribution in [1.82, 2.24) is 15.3 Å². The Labute approximate surface area is 142 Å². The molecule has 25 heavy (non-hydrogen) atoms. The molecule has 8 heteroatoms. The molecule has 1 saturated heterocycles. The first-order valence-corrected chi connectivity index (χ1v) is 7.92. The van der Waals surface area contributed by atoms with E-state index in [9.17, 15) is 18.0 Å². The lowest BCUT2D eigenvalue weighted by Gasteiger charge is -2.33. The SMILES string of the molecule is O=C(NC1CCN(c2ccc(C(F)(F)F)cn2)CC1)c1ccncc1. The molecule has 0 radical (unpaired) electrons. The lowest BCUT2D eigenvalue weighted by Crippen LogP contribution is -2.45.